The van der Waals surface area contributed by atoms with Crippen molar-refractivity contribution in [2.45, 2.75) is 308 Å². The van der Waals surface area contributed by atoms with Crippen molar-refractivity contribution in [1.29, 1.82) is 0 Å². The van der Waals surface area contributed by atoms with Crippen LogP contribution in [0, 0.1) is 0 Å². The highest BCUT2D eigenvalue weighted by Gasteiger charge is 2.37. The van der Waals surface area contributed by atoms with Crippen LogP contribution in [0.5, 0.6) is 46.0 Å². The first-order chi connectivity index (χ1) is 39.8. The van der Waals surface area contributed by atoms with Crippen molar-refractivity contribution < 1.29 is 45.3 Å². The van der Waals surface area contributed by atoms with Crippen LogP contribution in [-0.4, -0.2) is 55.8 Å². The van der Waals surface area contributed by atoms with Gasteiger partial charge in [0, 0.05) is 99.1 Å². The highest BCUT2D eigenvalue weighted by Crippen LogP contribution is 2.53. The summed E-state index contributed by atoms with van der Waals surface area (Å²) < 4.78 is 6.45. The first kappa shape index (κ1) is 69.2. The summed E-state index contributed by atoms with van der Waals surface area (Å²) in [5, 5.41) is 97.5. The zero-order chi connectivity index (χ0) is 60.4. The molecule has 1 aliphatic carbocycles. The minimum Gasteiger partial charge on any atom is -0.508 e. The summed E-state index contributed by atoms with van der Waals surface area (Å²) in [6, 6.07) is 13.2. The summed E-state index contributed by atoms with van der Waals surface area (Å²) in [6.07, 6.45) is 35.8. The van der Waals surface area contributed by atoms with Gasteiger partial charge in [-0.2, -0.15) is 0 Å². The van der Waals surface area contributed by atoms with Crippen LogP contribution in [-0.2, 0) is 4.43 Å². The topological polar surface area (TPSA) is 171 Å². The Hall–Kier alpha value is -4.54. The maximum Gasteiger partial charge on any atom is 0.191 e. The molecule has 0 saturated carbocycles. The third-order valence-corrected chi connectivity index (χ3v) is 23.7. The van der Waals surface area contributed by atoms with Crippen LogP contribution in [0.25, 0.3) is 0 Å². The first-order valence-electron chi connectivity index (χ1n) is 33.7. The summed E-state index contributed by atoms with van der Waals surface area (Å²) in [7, 11) is -1.78. The number of hydrogen-bond acceptors (Lipinski definition) is 9. The fourth-order valence-corrected chi connectivity index (χ4v) is 14.0. The molecule has 0 saturated heterocycles. The SMILES string of the molecule is CCCCCCCCCCC1c2cc(c(O)cc2O)C(CCCCCCCCCC)c2cc(c(O)cc2O)C(CCCCCCCCCO[Si](C)(C)C(C)(C)C)c2cc(c(O)cc2O)C(CCCCCCCCCC)c2cc1c(O)cc2O. The number of benzene rings is 4. The van der Waals surface area contributed by atoms with E-state index in [2.05, 4.69) is 54.6 Å². The van der Waals surface area contributed by atoms with Crippen LogP contribution in [0.4, 0.5) is 0 Å². The molecule has 4 aromatic rings. The molecular weight excluding hydrogens is 1050 g/mol. The van der Waals surface area contributed by atoms with Crippen molar-refractivity contribution >= 4 is 8.32 Å². The molecule has 8 N–H and O–H groups in total. The zero-order valence-corrected chi connectivity index (χ0v) is 54.4. The van der Waals surface area contributed by atoms with E-state index in [4.69, 9.17) is 4.43 Å². The van der Waals surface area contributed by atoms with Crippen molar-refractivity contribution in [2.24, 2.45) is 0 Å². The number of phenols is 8. The Labute approximate surface area is 504 Å². The smallest absolute Gasteiger partial charge is 0.191 e. The third kappa shape index (κ3) is 21.1. The molecule has 0 aliphatic heterocycles. The number of unbranched alkanes of at least 4 members (excludes halogenated alkanes) is 27. The summed E-state index contributed by atoms with van der Waals surface area (Å²) in [6.45, 7) is 18.9. The molecule has 1 aliphatic rings. The first-order valence-corrected chi connectivity index (χ1v) is 36.6. The molecule has 8 bridgehead atoms. The summed E-state index contributed by atoms with van der Waals surface area (Å²) >= 11 is 0. The number of rotatable bonds is 38. The fraction of sp³-hybridized carbons (Fsp3) is 0.671. The number of phenolic OH excluding ortho intramolecular Hbond substituents is 8. The van der Waals surface area contributed by atoms with Gasteiger partial charge in [-0.05, 0) is 74.5 Å². The van der Waals surface area contributed by atoms with Crippen molar-refractivity contribution in [2.75, 3.05) is 6.61 Å². The van der Waals surface area contributed by atoms with Crippen LogP contribution in [0.3, 0.4) is 0 Å². The monoisotopic (exact) mass is 1160 g/mol. The molecule has 9 nitrogen and oxygen atoms in total. The van der Waals surface area contributed by atoms with E-state index in [-0.39, 0.29) is 51.0 Å². The van der Waals surface area contributed by atoms with Crippen LogP contribution < -0.4 is 0 Å². The van der Waals surface area contributed by atoms with E-state index in [1.54, 1.807) is 0 Å². The van der Waals surface area contributed by atoms with Crippen molar-refractivity contribution in [3.63, 3.8) is 0 Å². The van der Waals surface area contributed by atoms with Gasteiger partial charge in [0.05, 0.1) is 0 Å². The maximum atomic E-state index is 12.2. The molecule has 0 spiro atoms. The van der Waals surface area contributed by atoms with Gasteiger partial charge in [-0.15, -0.1) is 0 Å². The lowest BCUT2D eigenvalue weighted by molar-refractivity contribution is 0.277. The minimum atomic E-state index is -1.78. The molecule has 4 aromatic carbocycles. The fourth-order valence-electron chi connectivity index (χ4n) is 12.9. The van der Waals surface area contributed by atoms with Crippen molar-refractivity contribution in [1.82, 2.24) is 0 Å². The van der Waals surface area contributed by atoms with Crippen molar-refractivity contribution in [3.05, 3.63) is 93.0 Å². The van der Waals surface area contributed by atoms with E-state index in [1.807, 2.05) is 24.3 Å². The van der Waals surface area contributed by atoms with E-state index in [9.17, 15) is 40.9 Å². The van der Waals surface area contributed by atoms with Crippen LogP contribution in [0.1, 0.15) is 334 Å². The molecule has 5 rings (SSSR count). The van der Waals surface area contributed by atoms with Gasteiger partial charge in [-0.1, -0.05) is 234 Å². The predicted molar refractivity (Wildman–Crippen MR) is 348 cm³/mol. The van der Waals surface area contributed by atoms with Crippen molar-refractivity contribution in [3.8, 4) is 46.0 Å². The highest BCUT2D eigenvalue weighted by molar-refractivity contribution is 6.74. The average molecular weight is 1170 g/mol. The van der Waals surface area contributed by atoms with E-state index >= 15 is 0 Å². The Kier molecular flexibility index (Phi) is 29.9. The van der Waals surface area contributed by atoms with E-state index in [0.717, 1.165) is 129 Å². The molecule has 466 valence electrons. The quantitative estimate of drug-likeness (QED) is 0.0161. The van der Waals surface area contributed by atoms with Gasteiger partial charge in [0.1, 0.15) is 46.0 Å². The van der Waals surface area contributed by atoms with E-state index in [0.29, 0.717) is 70.2 Å². The normalized spacial score (nSPS) is 16.4. The van der Waals surface area contributed by atoms with Gasteiger partial charge < -0.3 is 45.3 Å². The molecule has 83 heavy (non-hydrogen) atoms. The molecule has 2 atom stereocenters. The van der Waals surface area contributed by atoms with Gasteiger partial charge in [0.25, 0.3) is 0 Å². The van der Waals surface area contributed by atoms with Gasteiger partial charge in [-0.3, -0.25) is 0 Å². The highest BCUT2D eigenvalue weighted by atomic mass is 28.4. The molecule has 10 heteroatoms. The minimum absolute atomic E-state index is 0.0977. The predicted octanol–water partition coefficient (Wildman–Crippen LogP) is 21.9. The molecule has 0 amide bonds. The van der Waals surface area contributed by atoms with Gasteiger partial charge in [-0.25, -0.2) is 0 Å². The molecule has 2 unspecified atom stereocenters. The number of hydrogen-bond donors (Lipinski definition) is 8. The Morgan fingerprint density at radius 1 is 0.289 bits per heavy atom. The Bertz CT molecular complexity index is 2370. The van der Waals surface area contributed by atoms with Gasteiger partial charge in [0.15, 0.2) is 8.32 Å². The molecule has 0 fully saturated rings. The molecule has 0 radical (unpaired) electrons. The van der Waals surface area contributed by atoms with Crippen LogP contribution >= 0.6 is 0 Å². The van der Waals surface area contributed by atoms with Crippen LogP contribution in [0.2, 0.25) is 18.1 Å². The standard InChI is InChI=1S/C73H116O9Si/c1-9-12-15-18-21-25-30-35-40-53-57-45-59(67(76)49-65(57)74)54(41-36-31-26-22-19-16-13-10-2)61-47-63(71(80)51-69(61)78)56(43-38-33-28-24-29-34-39-44-82-83(7,8)73(4,5)6)64-48-62(70(79)52-72(64)81)55(42-37-32-27-23-20-17-14-11-3)60-46-58(53)66(75)50-68(60)77/h45-56,74-81H,9-44H2,1-8H3. The lowest BCUT2D eigenvalue weighted by Gasteiger charge is -2.36. The molecule has 0 aromatic heterocycles. The lowest BCUT2D eigenvalue weighted by atomic mass is 9.76. The molecular formula is C73H116O9Si. The van der Waals surface area contributed by atoms with E-state index < -0.39 is 32.0 Å². The third-order valence-electron chi connectivity index (χ3n) is 19.2. The Balaban J connectivity index is 1.65. The summed E-state index contributed by atoms with van der Waals surface area (Å²) in [4.78, 5) is 0. The largest absolute Gasteiger partial charge is 0.508 e. The zero-order valence-electron chi connectivity index (χ0n) is 53.4. The summed E-state index contributed by atoms with van der Waals surface area (Å²) in [5.41, 5.74) is 4.36. The maximum absolute atomic E-state index is 12.2. The molecule has 0 heterocycles. The average Bonchev–Trinajstić information content (AvgIpc) is 2.72. The van der Waals surface area contributed by atoms with Crippen LogP contribution in [0.15, 0.2) is 48.5 Å². The van der Waals surface area contributed by atoms with Gasteiger partial charge >= 0.3 is 0 Å². The second-order valence-corrected chi connectivity index (χ2v) is 31.6. The second kappa shape index (κ2) is 35.8. The number of aromatic hydroxyl groups is 8. The number of fused-ring (bicyclic) bond motifs is 8. The summed E-state index contributed by atoms with van der Waals surface area (Å²) in [5.74, 6) is -3.02. The Morgan fingerprint density at radius 2 is 0.470 bits per heavy atom. The second-order valence-electron chi connectivity index (χ2n) is 26.8. The van der Waals surface area contributed by atoms with Gasteiger partial charge in [0.2, 0.25) is 0 Å². The van der Waals surface area contributed by atoms with E-state index in [1.165, 1.54) is 101 Å². The lowest BCUT2D eigenvalue weighted by Crippen LogP contribution is -2.40. The Morgan fingerprint density at radius 3 is 0.663 bits per heavy atom.